The maximum atomic E-state index is 11.1. The molecule has 2 radical (unpaired) electrons. The van der Waals surface area contributed by atoms with Gasteiger partial charge < -0.3 is 24.5 Å². The van der Waals surface area contributed by atoms with Gasteiger partial charge in [-0.2, -0.15) is 0 Å². The van der Waals surface area contributed by atoms with E-state index in [-0.39, 0.29) is 6.42 Å². The molecule has 1 aliphatic heterocycles. The van der Waals surface area contributed by atoms with Crippen LogP contribution < -0.4 is 0 Å². The fourth-order valence-corrected chi connectivity index (χ4v) is 2.59. The second-order valence-corrected chi connectivity index (χ2v) is 6.25. The van der Waals surface area contributed by atoms with Crippen molar-refractivity contribution in [2.75, 3.05) is 13.4 Å². The van der Waals surface area contributed by atoms with E-state index in [2.05, 4.69) is 13.6 Å². The van der Waals surface area contributed by atoms with E-state index < -0.39 is 47.3 Å². The van der Waals surface area contributed by atoms with Crippen molar-refractivity contribution < 1.29 is 47.2 Å². The molecule has 19 heavy (non-hydrogen) atoms. The molecule has 1 fully saturated rings. The maximum absolute atomic E-state index is 11.1. The molecule has 4 atom stereocenters. The van der Waals surface area contributed by atoms with Gasteiger partial charge in [0.15, 0.2) is 6.79 Å². The Hall–Kier alpha value is 0.205. The smallest absolute Gasteiger partial charge is 0.380 e. The highest BCUT2D eigenvalue weighted by Gasteiger charge is 2.39. The second kappa shape index (κ2) is 6.77. The quantitative estimate of drug-likeness (QED) is 0.257. The van der Waals surface area contributed by atoms with Gasteiger partial charge in [-0.25, -0.2) is 9.13 Å². The minimum atomic E-state index is -4.75. The van der Waals surface area contributed by atoms with Crippen LogP contribution in [0, 0.1) is 0 Å². The number of phosphoric acid groups is 2. The number of aliphatic hydroxyl groups is 1. The second-order valence-electron chi connectivity index (χ2n) is 3.61. The van der Waals surface area contributed by atoms with Crippen molar-refractivity contribution >= 4 is 23.5 Å². The molecule has 0 aromatic carbocycles. The molecule has 1 heterocycles. The summed E-state index contributed by atoms with van der Waals surface area (Å²) in [6.07, 6.45) is -2.16. The Balaban J connectivity index is 2.55. The zero-order chi connectivity index (χ0) is 14.7. The Labute approximate surface area is 109 Å². The highest BCUT2D eigenvalue weighted by molar-refractivity contribution is 7.47. The first-order valence-electron chi connectivity index (χ1n) is 5.00. The van der Waals surface area contributed by atoms with Gasteiger partial charge in [0.25, 0.3) is 0 Å². The lowest BCUT2D eigenvalue weighted by atomic mass is 9.96. The Morgan fingerprint density at radius 3 is 2.42 bits per heavy atom. The fourth-order valence-electron chi connectivity index (χ4n) is 1.46. The number of hydrogen-bond donors (Lipinski definition) is 4. The predicted molar refractivity (Wildman–Crippen MR) is 59.9 cm³/mol. The molecule has 0 spiro atoms. The van der Waals surface area contributed by atoms with Gasteiger partial charge >= 0.3 is 15.6 Å². The third-order valence-corrected chi connectivity index (χ3v) is 3.59. The first-order valence-corrected chi connectivity index (χ1v) is 8.03. The third kappa shape index (κ3) is 6.46. The highest BCUT2D eigenvalue weighted by Crippen LogP contribution is 2.45. The van der Waals surface area contributed by atoms with E-state index >= 15 is 0 Å². The average molecular weight is 318 g/mol. The van der Waals surface area contributed by atoms with Crippen molar-refractivity contribution in [3.8, 4) is 0 Å². The Morgan fingerprint density at radius 2 is 1.89 bits per heavy atom. The summed E-state index contributed by atoms with van der Waals surface area (Å²) in [5, 5.41) is 8.33. The first kappa shape index (κ1) is 17.3. The number of hydrogen-bond acceptors (Lipinski definition) is 7. The van der Waals surface area contributed by atoms with Gasteiger partial charge in [-0.1, -0.05) is 0 Å². The zero-order valence-corrected chi connectivity index (χ0v) is 11.4. The molecule has 4 N–H and O–H groups in total. The van der Waals surface area contributed by atoms with E-state index in [1.54, 1.807) is 0 Å². The number of ether oxygens (including phenoxy) is 1. The molecule has 1 rings (SSSR count). The van der Waals surface area contributed by atoms with Crippen molar-refractivity contribution in [3.63, 3.8) is 0 Å². The summed E-state index contributed by atoms with van der Waals surface area (Å²) < 4.78 is 39.8. The van der Waals surface area contributed by atoms with Crippen LogP contribution in [0.25, 0.3) is 0 Å². The molecule has 10 nitrogen and oxygen atoms in total. The molecular formula is C6H13BO10P2. The molecule has 1 aliphatic rings. The average Bonchev–Trinajstić information content (AvgIpc) is 2.53. The van der Waals surface area contributed by atoms with Gasteiger partial charge in [-0.05, 0) is 6.42 Å². The van der Waals surface area contributed by atoms with Crippen LogP contribution in [0.4, 0.5) is 0 Å². The van der Waals surface area contributed by atoms with Crippen LogP contribution in [-0.4, -0.2) is 59.2 Å². The van der Waals surface area contributed by atoms with Crippen LogP contribution in [0.3, 0.4) is 0 Å². The molecule has 0 saturated carbocycles. The zero-order valence-electron chi connectivity index (χ0n) is 9.56. The Morgan fingerprint density at radius 1 is 1.26 bits per heavy atom. The van der Waals surface area contributed by atoms with Crippen molar-refractivity contribution in [2.45, 2.75) is 24.6 Å². The largest absolute Gasteiger partial charge is 0.474 e. The molecule has 110 valence electrons. The molecule has 13 heteroatoms. The summed E-state index contributed by atoms with van der Waals surface area (Å²) in [6, 6.07) is -0.845. The monoisotopic (exact) mass is 318 g/mol. The highest BCUT2D eigenvalue weighted by atomic mass is 31.2. The van der Waals surface area contributed by atoms with Gasteiger partial charge in [0.2, 0.25) is 0 Å². The maximum Gasteiger partial charge on any atom is 0.474 e. The van der Waals surface area contributed by atoms with Crippen molar-refractivity contribution in [1.29, 1.82) is 0 Å². The number of phosphoric ester groups is 2. The van der Waals surface area contributed by atoms with Crippen LogP contribution in [0.2, 0.25) is 0 Å². The van der Waals surface area contributed by atoms with Crippen LogP contribution in [0.5, 0.6) is 0 Å². The summed E-state index contributed by atoms with van der Waals surface area (Å²) in [7, 11) is -3.79. The van der Waals surface area contributed by atoms with E-state index in [0.717, 1.165) is 0 Å². The summed E-state index contributed by atoms with van der Waals surface area (Å²) in [6.45, 7) is -1.58. The minimum Gasteiger partial charge on any atom is -0.380 e. The predicted octanol–water partition coefficient (Wildman–Crippen LogP) is -1.17. The summed E-state index contributed by atoms with van der Waals surface area (Å²) in [5.74, 6) is 0. The lowest BCUT2D eigenvalue weighted by Gasteiger charge is -2.20. The SMILES string of the molecule is [B]C1CC(OP(=O)(O)O)C(COP(=O)(O)OCO)O1. The van der Waals surface area contributed by atoms with E-state index in [4.69, 9.17) is 32.4 Å². The summed E-state index contributed by atoms with van der Waals surface area (Å²) in [4.78, 5) is 26.4. The minimum absolute atomic E-state index is 0.0181. The fraction of sp³-hybridized carbons (Fsp3) is 1.00. The number of aliphatic hydroxyl groups excluding tert-OH is 1. The van der Waals surface area contributed by atoms with Crippen LogP contribution in [0.15, 0.2) is 0 Å². The van der Waals surface area contributed by atoms with E-state index in [1.807, 2.05) is 0 Å². The molecular weight excluding hydrogens is 305 g/mol. The van der Waals surface area contributed by atoms with E-state index in [9.17, 15) is 9.13 Å². The van der Waals surface area contributed by atoms with Gasteiger partial charge in [-0.3, -0.25) is 13.6 Å². The molecule has 0 aromatic heterocycles. The molecule has 0 aliphatic carbocycles. The Bertz CT molecular complexity index is 384. The normalized spacial score (nSPS) is 31.3. The van der Waals surface area contributed by atoms with Gasteiger partial charge in [-0.15, -0.1) is 0 Å². The van der Waals surface area contributed by atoms with Crippen molar-refractivity contribution in [2.24, 2.45) is 0 Å². The first-order chi connectivity index (χ1) is 8.63. The van der Waals surface area contributed by atoms with E-state index in [1.165, 1.54) is 0 Å². The van der Waals surface area contributed by atoms with Gasteiger partial charge in [0, 0.05) is 6.00 Å². The standard InChI is InChI=1S/C6H13BO10P2/c7-6-1-4(17-18(9,10)11)5(16-6)2-14-19(12,13)15-3-8/h4-6,8H,1-3H2,(H,12,13)(H2,9,10,11). The molecule has 0 amide bonds. The lowest BCUT2D eigenvalue weighted by molar-refractivity contribution is -0.0143. The van der Waals surface area contributed by atoms with Crippen molar-refractivity contribution in [1.82, 2.24) is 0 Å². The van der Waals surface area contributed by atoms with Crippen LogP contribution in [-0.2, 0) is 27.4 Å². The summed E-state index contributed by atoms with van der Waals surface area (Å²) in [5.41, 5.74) is 0. The molecule has 0 bridgehead atoms. The Kier molecular flexibility index (Phi) is 6.15. The van der Waals surface area contributed by atoms with Crippen molar-refractivity contribution in [3.05, 3.63) is 0 Å². The lowest BCUT2D eigenvalue weighted by Crippen LogP contribution is -2.28. The van der Waals surface area contributed by atoms with Crippen LogP contribution in [0.1, 0.15) is 6.42 Å². The molecule has 1 saturated heterocycles. The van der Waals surface area contributed by atoms with Gasteiger partial charge in [0.05, 0.1) is 12.7 Å². The molecule has 4 unspecified atom stereocenters. The third-order valence-electron chi connectivity index (χ3n) is 2.12. The topological polar surface area (TPSA) is 152 Å². The molecule has 0 aromatic rings. The number of rotatable bonds is 7. The van der Waals surface area contributed by atoms with Crippen LogP contribution >= 0.6 is 15.6 Å². The van der Waals surface area contributed by atoms with E-state index in [0.29, 0.717) is 0 Å². The van der Waals surface area contributed by atoms with Gasteiger partial charge in [0.1, 0.15) is 14.0 Å². The summed E-state index contributed by atoms with van der Waals surface area (Å²) >= 11 is 0.